The zero-order valence-electron chi connectivity index (χ0n) is 10.4. The van der Waals surface area contributed by atoms with Crippen molar-refractivity contribution >= 4 is 11.9 Å². The molecular formula is C13H14FNO4. The molecule has 1 N–H and O–H groups in total. The number of carbonyl (C=O) groups is 2. The molecule has 2 rings (SSSR count). The predicted octanol–water partition coefficient (Wildman–Crippen LogP) is 1.14. The van der Waals surface area contributed by atoms with Crippen molar-refractivity contribution in [3.05, 3.63) is 35.6 Å². The quantitative estimate of drug-likeness (QED) is 0.891. The van der Waals surface area contributed by atoms with Gasteiger partial charge in [-0.25, -0.2) is 9.18 Å². The Kier molecular flexibility index (Phi) is 3.80. The van der Waals surface area contributed by atoms with E-state index in [0.717, 1.165) is 6.07 Å². The third-order valence-electron chi connectivity index (χ3n) is 3.21. The van der Waals surface area contributed by atoms with E-state index in [9.17, 15) is 14.0 Å². The van der Waals surface area contributed by atoms with Gasteiger partial charge in [0.05, 0.1) is 6.10 Å². The smallest absolute Gasteiger partial charge is 0.326 e. The highest BCUT2D eigenvalue weighted by atomic mass is 19.1. The highest BCUT2D eigenvalue weighted by Gasteiger charge is 2.40. The molecule has 2 unspecified atom stereocenters. The Hall–Kier alpha value is -1.95. The van der Waals surface area contributed by atoms with Gasteiger partial charge in [-0.05, 0) is 18.2 Å². The number of carbonyl (C=O) groups excluding carboxylic acids is 1. The molecule has 6 heteroatoms. The van der Waals surface area contributed by atoms with Crippen molar-refractivity contribution in [2.75, 3.05) is 13.7 Å². The number of benzene rings is 1. The summed E-state index contributed by atoms with van der Waals surface area (Å²) in [5.74, 6) is -2.10. The summed E-state index contributed by atoms with van der Waals surface area (Å²) in [5.41, 5.74) is 0.142. The number of amides is 1. The standard InChI is InChI=1S/C13H14FNO4/c1-19-10-6-11(13(17)18)15(7-10)12(16)8-3-2-4-9(14)5-8/h2-5,10-11H,6-7H2,1H3,(H,17,18). The first-order valence-electron chi connectivity index (χ1n) is 5.85. The molecule has 0 aliphatic carbocycles. The van der Waals surface area contributed by atoms with E-state index in [2.05, 4.69) is 0 Å². The summed E-state index contributed by atoms with van der Waals surface area (Å²) in [4.78, 5) is 24.6. The van der Waals surface area contributed by atoms with Gasteiger partial charge in [-0.3, -0.25) is 4.79 Å². The van der Waals surface area contributed by atoms with Gasteiger partial charge in [-0.2, -0.15) is 0 Å². The number of carboxylic acid groups (broad SMARTS) is 1. The molecule has 0 spiro atoms. The molecule has 1 saturated heterocycles. The zero-order chi connectivity index (χ0) is 14.0. The second-order valence-corrected chi connectivity index (χ2v) is 4.42. The molecule has 1 amide bonds. The fraction of sp³-hybridized carbons (Fsp3) is 0.385. The number of carboxylic acids is 1. The first-order valence-corrected chi connectivity index (χ1v) is 5.85. The van der Waals surface area contributed by atoms with E-state index in [1.54, 1.807) is 0 Å². The van der Waals surface area contributed by atoms with Crippen LogP contribution in [0.5, 0.6) is 0 Å². The molecule has 19 heavy (non-hydrogen) atoms. The second kappa shape index (κ2) is 5.36. The van der Waals surface area contributed by atoms with Gasteiger partial charge in [0, 0.05) is 25.6 Å². The zero-order valence-corrected chi connectivity index (χ0v) is 10.4. The lowest BCUT2D eigenvalue weighted by Crippen LogP contribution is -2.40. The average Bonchev–Trinajstić information content (AvgIpc) is 2.82. The Morgan fingerprint density at radius 1 is 1.47 bits per heavy atom. The van der Waals surface area contributed by atoms with Gasteiger partial charge in [0.15, 0.2) is 0 Å². The van der Waals surface area contributed by atoms with E-state index in [-0.39, 0.29) is 24.6 Å². The number of likely N-dealkylation sites (tertiary alicyclic amines) is 1. The molecule has 1 aromatic rings. The van der Waals surface area contributed by atoms with Gasteiger partial charge >= 0.3 is 5.97 Å². The Morgan fingerprint density at radius 3 is 2.79 bits per heavy atom. The maximum absolute atomic E-state index is 13.1. The summed E-state index contributed by atoms with van der Waals surface area (Å²) < 4.78 is 18.2. The summed E-state index contributed by atoms with van der Waals surface area (Å²) in [7, 11) is 1.47. The van der Waals surface area contributed by atoms with Crippen LogP contribution in [0.2, 0.25) is 0 Å². The average molecular weight is 267 g/mol. The van der Waals surface area contributed by atoms with E-state index < -0.39 is 23.7 Å². The maximum Gasteiger partial charge on any atom is 0.326 e. The fourth-order valence-electron chi connectivity index (χ4n) is 2.21. The lowest BCUT2D eigenvalue weighted by Gasteiger charge is -2.21. The molecule has 5 nitrogen and oxygen atoms in total. The van der Waals surface area contributed by atoms with Crippen molar-refractivity contribution in [2.24, 2.45) is 0 Å². The van der Waals surface area contributed by atoms with Crippen LogP contribution < -0.4 is 0 Å². The van der Waals surface area contributed by atoms with Crippen LogP contribution >= 0.6 is 0 Å². The molecule has 1 heterocycles. The Bertz CT molecular complexity index is 505. The first-order chi connectivity index (χ1) is 9.02. The number of halogens is 1. The molecule has 2 atom stereocenters. The number of ether oxygens (including phenoxy) is 1. The van der Waals surface area contributed by atoms with E-state index in [1.165, 1.54) is 30.2 Å². The molecule has 102 valence electrons. The summed E-state index contributed by atoms with van der Waals surface area (Å²) >= 11 is 0. The van der Waals surface area contributed by atoms with Crippen LogP contribution in [0.1, 0.15) is 16.8 Å². The Morgan fingerprint density at radius 2 is 2.21 bits per heavy atom. The van der Waals surface area contributed by atoms with Crippen molar-refractivity contribution < 1.29 is 23.8 Å². The van der Waals surface area contributed by atoms with E-state index in [1.807, 2.05) is 0 Å². The number of methoxy groups -OCH3 is 1. The van der Waals surface area contributed by atoms with Gasteiger partial charge in [-0.15, -0.1) is 0 Å². The van der Waals surface area contributed by atoms with Crippen molar-refractivity contribution in [1.82, 2.24) is 4.90 Å². The monoisotopic (exact) mass is 267 g/mol. The molecule has 0 saturated carbocycles. The van der Waals surface area contributed by atoms with Crippen LogP contribution in [0.25, 0.3) is 0 Å². The summed E-state index contributed by atoms with van der Waals surface area (Å²) in [6.45, 7) is 0.197. The van der Waals surface area contributed by atoms with Gasteiger partial charge in [-0.1, -0.05) is 6.07 Å². The molecule has 0 aromatic heterocycles. The predicted molar refractivity (Wildman–Crippen MR) is 64.3 cm³/mol. The molecule has 1 aliphatic heterocycles. The van der Waals surface area contributed by atoms with Crippen LogP contribution in [0, 0.1) is 5.82 Å². The van der Waals surface area contributed by atoms with E-state index >= 15 is 0 Å². The van der Waals surface area contributed by atoms with Gasteiger partial charge in [0.1, 0.15) is 11.9 Å². The van der Waals surface area contributed by atoms with E-state index in [4.69, 9.17) is 9.84 Å². The van der Waals surface area contributed by atoms with Crippen molar-refractivity contribution in [2.45, 2.75) is 18.6 Å². The number of hydrogen-bond acceptors (Lipinski definition) is 3. The molecule has 0 bridgehead atoms. The number of hydrogen-bond donors (Lipinski definition) is 1. The fourth-order valence-corrected chi connectivity index (χ4v) is 2.21. The minimum atomic E-state index is -1.08. The molecule has 1 fully saturated rings. The summed E-state index contributed by atoms with van der Waals surface area (Å²) in [6.07, 6.45) is -0.0639. The number of aliphatic carboxylic acids is 1. The van der Waals surface area contributed by atoms with Crippen molar-refractivity contribution in [3.8, 4) is 0 Å². The van der Waals surface area contributed by atoms with Gasteiger partial charge < -0.3 is 14.7 Å². The second-order valence-electron chi connectivity index (χ2n) is 4.42. The Labute approximate surface area is 109 Å². The first kappa shape index (κ1) is 13.5. The molecular weight excluding hydrogens is 253 g/mol. The third-order valence-corrected chi connectivity index (χ3v) is 3.21. The normalized spacial score (nSPS) is 22.5. The largest absolute Gasteiger partial charge is 0.480 e. The highest BCUT2D eigenvalue weighted by Crippen LogP contribution is 2.22. The highest BCUT2D eigenvalue weighted by molar-refractivity contribution is 5.97. The van der Waals surface area contributed by atoms with Gasteiger partial charge in [0.25, 0.3) is 5.91 Å². The lowest BCUT2D eigenvalue weighted by molar-refractivity contribution is -0.141. The SMILES string of the molecule is COC1CC(C(=O)O)N(C(=O)c2cccc(F)c2)C1. The molecule has 0 radical (unpaired) electrons. The minimum absolute atomic E-state index is 0.142. The van der Waals surface area contributed by atoms with Crippen LogP contribution in [0.3, 0.4) is 0 Å². The summed E-state index contributed by atoms with van der Waals surface area (Å²) in [6, 6.07) is 4.28. The van der Waals surface area contributed by atoms with Crippen molar-refractivity contribution in [1.29, 1.82) is 0 Å². The van der Waals surface area contributed by atoms with Crippen LogP contribution in [0.15, 0.2) is 24.3 Å². The minimum Gasteiger partial charge on any atom is -0.480 e. The number of nitrogens with zero attached hydrogens (tertiary/aromatic N) is 1. The van der Waals surface area contributed by atoms with E-state index in [0.29, 0.717) is 0 Å². The van der Waals surface area contributed by atoms with Crippen LogP contribution in [-0.4, -0.2) is 47.7 Å². The van der Waals surface area contributed by atoms with Crippen LogP contribution in [0.4, 0.5) is 4.39 Å². The lowest BCUT2D eigenvalue weighted by atomic mass is 10.1. The van der Waals surface area contributed by atoms with Gasteiger partial charge in [0.2, 0.25) is 0 Å². The Balaban J connectivity index is 2.24. The van der Waals surface area contributed by atoms with Crippen molar-refractivity contribution in [3.63, 3.8) is 0 Å². The molecule has 1 aliphatic rings. The maximum atomic E-state index is 13.1. The van der Waals surface area contributed by atoms with Crippen LogP contribution in [-0.2, 0) is 9.53 Å². The number of rotatable bonds is 3. The molecule has 1 aromatic carbocycles. The third kappa shape index (κ3) is 2.73. The topological polar surface area (TPSA) is 66.8 Å². The summed E-state index contributed by atoms with van der Waals surface area (Å²) in [5, 5.41) is 9.12.